The smallest absolute Gasteiger partial charge is 0.201 e. The minimum atomic E-state index is -0.850. The van der Waals surface area contributed by atoms with Crippen molar-refractivity contribution in [1.82, 2.24) is 0 Å². The largest absolute Gasteiger partial charge is 0.507 e. The number of aromatic hydroxyl groups is 1. The van der Waals surface area contributed by atoms with Crippen LogP contribution in [0.5, 0.6) is 5.75 Å². The Morgan fingerprint density at radius 2 is 1.36 bits per heavy atom. The van der Waals surface area contributed by atoms with Crippen LogP contribution < -0.4 is 0 Å². The highest BCUT2D eigenvalue weighted by molar-refractivity contribution is 5.36. The summed E-state index contributed by atoms with van der Waals surface area (Å²) in [6.45, 7) is 10.00. The number of para-hydroxylation sites is 1. The summed E-state index contributed by atoms with van der Waals surface area (Å²) in [5.41, 5.74) is 0.793. The minimum Gasteiger partial charge on any atom is -0.507 e. The van der Waals surface area contributed by atoms with Gasteiger partial charge in [0.05, 0.1) is 18.8 Å². The molecule has 0 aromatic heterocycles. The molecule has 1 unspecified atom stereocenters. The Hall–Kier alpha value is -1.06. The quantitative estimate of drug-likeness (QED) is 0.219. The van der Waals surface area contributed by atoms with E-state index in [4.69, 9.17) is 9.47 Å². The number of hydrogen-bond acceptors (Lipinski definition) is 3. The average Bonchev–Trinajstić information content (AvgIpc) is 2.71. The molecule has 0 saturated carbocycles. The van der Waals surface area contributed by atoms with Crippen LogP contribution >= 0.6 is 0 Å². The monoisotopic (exact) mass is 392 g/mol. The van der Waals surface area contributed by atoms with E-state index in [0.29, 0.717) is 13.2 Å². The van der Waals surface area contributed by atoms with Crippen LogP contribution in [0.4, 0.5) is 0 Å². The van der Waals surface area contributed by atoms with E-state index in [9.17, 15) is 5.11 Å². The lowest BCUT2D eigenvalue weighted by atomic mass is 9.83. The Morgan fingerprint density at radius 1 is 0.750 bits per heavy atom. The fourth-order valence-corrected chi connectivity index (χ4v) is 3.97. The van der Waals surface area contributed by atoms with Gasteiger partial charge in [0, 0.05) is 5.92 Å². The maximum absolute atomic E-state index is 10.7. The van der Waals surface area contributed by atoms with Gasteiger partial charge in [-0.1, -0.05) is 84.8 Å². The maximum Gasteiger partial charge on any atom is 0.201 e. The van der Waals surface area contributed by atoms with Crippen molar-refractivity contribution in [1.29, 1.82) is 0 Å². The molecule has 1 atom stereocenters. The van der Waals surface area contributed by atoms with Crippen molar-refractivity contribution in [3.8, 4) is 5.75 Å². The lowest BCUT2D eigenvalue weighted by molar-refractivity contribution is -0.281. The molecule has 1 rings (SSSR count). The van der Waals surface area contributed by atoms with Crippen LogP contribution in [-0.4, -0.2) is 18.3 Å². The number of ether oxygens (including phenoxy) is 2. The van der Waals surface area contributed by atoms with Crippen molar-refractivity contribution in [3.63, 3.8) is 0 Å². The first-order chi connectivity index (χ1) is 13.7. The molecular weight excluding hydrogens is 348 g/mol. The lowest BCUT2D eigenvalue weighted by Crippen LogP contribution is -2.42. The van der Waals surface area contributed by atoms with Gasteiger partial charge in [-0.15, -0.1) is 0 Å². The number of unbranched alkanes of at least 4 members (excludes halogenated alkanes) is 5. The summed E-state index contributed by atoms with van der Waals surface area (Å²) in [5.74, 6) is -0.328. The molecular formula is C25H44O3. The topological polar surface area (TPSA) is 38.7 Å². The highest BCUT2D eigenvalue weighted by atomic mass is 16.7. The standard InChI is InChI=1S/C25H44O3/c1-5-9-10-11-12-13-17-22(16-6-2)25(27-20-7-3,28-21-8-4)23-18-14-15-19-24(23)26/h14-15,18-19,22,26H,5-13,16-17,20-21H2,1-4H3. The molecule has 0 aliphatic rings. The molecule has 0 aliphatic carbocycles. The minimum absolute atomic E-state index is 0.245. The van der Waals surface area contributed by atoms with Crippen LogP contribution in [0.25, 0.3) is 0 Å². The molecule has 0 saturated heterocycles. The van der Waals surface area contributed by atoms with Gasteiger partial charge >= 0.3 is 0 Å². The first kappa shape index (κ1) is 25.0. The van der Waals surface area contributed by atoms with E-state index in [-0.39, 0.29) is 11.7 Å². The highest BCUT2D eigenvalue weighted by Crippen LogP contribution is 2.44. The second kappa shape index (κ2) is 14.9. The summed E-state index contributed by atoms with van der Waals surface area (Å²) in [4.78, 5) is 0. The van der Waals surface area contributed by atoms with Crippen LogP contribution in [0.2, 0.25) is 0 Å². The zero-order chi connectivity index (χ0) is 20.7. The molecule has 162 valence electrons. The van der Waals surface area contributed by atoms with Crippen molar-refractivity contribution in [3.05, 3.63) is 29.8 Å². The van der Waals surface area contributed by atoms with Gasteiger partial charge in [-0.05, 0) is 37.8 Å². The van der Waals surface area contributed by atoms with Crippen LogP contribution in [0.15, 0.2) is 24.3 Å². The Labute approximate surface area is 173 Å². The SMILES string of the molecule is CCCCCCCCC(CCC)C(OCCC)(OCCC)c1ccccc1O. The Morgan fingerprint density at radius 3 is 1.93 bits per heavy atom. The van der Waals surface area contributed by atoms with Gasteiger partial charge in [0.25, 0.3) is 0 Å². The van der Waals surface area contributed by atoms with E-state index in [1.807, 2.05) is 18.2 Å². The number of phenols is 1. The van der Waals surface area contributed by atoms with Crippen molar-refractivity contribution in [2.24, 2.45) is 5.92 Å². The highest BCUT2D eigenvalue weighted by Gasteiger charge is 2.43. The lowest BCUT2D eigenvalue weighted by Gasteiger charge is -2.41. The summed E-state index contributed by atoms with van der Waals surface area (Å²) in [6, 6.07) is 7.57. The van der Waals surface area contributed by atoms with E-state index < -0.39 is 5.79 Å². The summed E-state index contributed by atoms with van der Waals surface area (Å²) in [5, 5.41) is 10.7. The maximum atomic E-state index is 10.7. The van der Waals surface area contributed by atoms with Crippen molar-refractivity contribution >= 4 is 0 Å². The van der Waals surface area contributed by atoms with Crippen molar-refractivity contribution < 1.29 is 14.6 Å². The predicted octanol–water partition coefficient (Wildman–Crippen LogP) is 7.57. The van der Waals surface area contributed by atoms with E-state index in [1.165, 1.54) is 38.5 Å². The van der Waals surface area contributed by atoms with E-state index in [1.54, 1.807) is 6.07 Å². The van der Waals surface area contributed by atoms with Crippen molar-refractivity contribution in [2.45, 2.75) is 104 Å². The van der Waals surface area contributed by atoms with Crippen LogP contribution in [0.3, 0.4) is 0 Å². The van der Waals surface area contributed by atoms with Gasteiger partial charge in [-0.25, -0.2) is 0 Å². The van der Waals surface area contributed by atoms with Crippen LogP contribution in [0.1, 0.15) is 104 Å². The Kier molecular flexibility index (Phi) is 13.3. The zero-order valence-electron chi connectivity index (χ0n) is 18.8. The van der Waals surface area contributed by atoms with Gasteiger partial charge in [0.15, 0.2) is 0 Å². The van der Waals surface area contributed by atoms with Crippen molar-refractivity contribution in [2.75, 3.05) is 13.2 Å². The van der Waals surface area contributed by atoms with Gasteiger partial charge in [0.1, 0.15) is 5.75 Å². The number of benzene rings is 1. The number of hydrogen-bond donors (Lipinski definition) is 1. The summed E-state index contributed by atoms with van der Waals surface area (Å²) < 4.78 is 13.0. The third-order valence-corrected chi connectivity index (χ3v) is 5.40. The van der Waals surface area contributed by atoms with E-state index in [2.05, 4.69) is 27.7 Å². The van der Waals surface area contributed by atoms with Gasteiger partial charge in [-0.2, -0.15) is 0 Å². The summed E-state index contributed by atoms with van der Waals surface area (Å²) in [7, 11) is 0. The van der Waals surface area contributed by atoms with Gasteiger partial charge in [0.2, 0.25) is 5.79 Å². The number of rotatable bonds is 17. The molecule has 0 amide bonds. The summed E-state index contributed by atoms with van der Waals surface area (Å²) >= 11 is 0. The number of phenolic OH excluding ortho intramolecular Hbond substituents is 1. The van der Waals surface area contributed by atoms with Crippen LogP contribution in [0, 0.1) is 5.92 Å². The zero-order valence-corrected chi connectivity index (χ0v) is 18.8. The molecule has 3 nitrogen and oxygen atoms in total. The first-order valence-corrected chi connectivity index (χ1v) is 11.7. The molecule has 0 fully saturated rings. The Bertz CT molecular complexity index is 492. The van der Waals surface area contributed by atoms with E-state index >= 15 is 0 Å². The van der Waals surface area contributed by atoms with Gasteiger partial charge in [-0.3, -0.25) is 0 Å². The third-order valence-electron chi connectivity index (χ3n) is 5.40. The predicted molar refractivity (Wildman–Crippen MR) is 119 cm³/mol. The summed E-state index contributed by atoms with van der Waals surface area (Å²) in [6.07, 6.45) is 12.8. The second-order valence-electron chi connectivity index (χ2n) is 7.92. The molecule has 0 heterocycles. The molecule has 28 heavy (non-hydrogen) atoms. The van der Waals surface area contributed by atoms with Crippen LogP contribution in [-0.2, 0) is 15.3 Å². The average molecular weight is 393 g/mol. The van der Waals surface area contributed by atoms with Gasteiger partial charge < -0.3 is 14.6 Å². The fourth-order valence-electron chi connectivity index (χ4n) is 3.97. The second-order valence-corrected chi connectivity index (χ2v) is 7.92. The molecule has 1 aromatic rings. The fraction of sp³-hybridized carbons (Fsp3) is 0.760. The molecule has 0 aliphatic heterocycles. The first-order valence-electron chi connectivity index (χ1n) is 11.7. The molecule has 0 radical (unpaired) electrons. The Balaban J connectivity index is 3.09. The molecule has 1 N–H and O–H groups in total. The normalized spacial score (nSPS) is 13.0. The molecule has 0 spiro atoms. The molecule has 1 aromatic carbocycles. The molecule has 3 heteroatoms. The van der Waals surface area contributed by atoms with E-state index in [0.717, 1.165) is 37.7 Å². The third kappa shape index (κ3) is 7.75. The molecule has 0 bridgehead atoms.